The maximum atomic E-state index is 10.6. The summed E-state index contributed by atoms with van der Waals surface area (Å²) in [6.45, 7) is 2.00. The van der Waals surface area contributed by atoms with Gasteiger partial charge in [0.1, 0.15) is 0 Å². The first-order valence-corrected chi connectivity index (χ1v) is 4.49. The molecule has 6 heteroatoms. The molecule has 1 aromatic carbocycles. The summed E-state index contributed by atoms with van der Waals surface area (Å²) in [5.41, 5.74) is 6.88. The molecule has 0 fully saturated rings. The minimum atomic E-state index is -0.404. The number of nitrogens with zero attached hydrogens (tertiary/aromatic N) is 1. The third kappa shape index (κ3) is 2.67. The van der Waals surface area contributed by atoms with Crippen molar-refractivity contribution in [1.29, 1.82) is 0 Å². The molecule has 14 heavy (non-hydrogen) atoms. The zero-order valence-electron chi connectivity index (χ0n) is 7.49. The van der Waals surface area contributed by atoms with Gasteiger partial charge in [-0.2, -0.15) is 0 Å². The summed E-state index contributed by atoms with van der Waals surface area (Å²) >= 11 is 3.25. The molecular weight excluding hydrogens is 271 g/mol. The average Bonchev–Trinajstić information content (AvgIpc) is 2.09. The maximum Gasteiger partial charge on any atom is 0.273 e. The highest BCUT2D eigenvalue weighted by Crippen LogP contribution is 2.27. The molecule has 0 aliphatic heterocycles. The minimum absolute atomic E-state index is 0. The highest BCUT2D eigenvalue weighted by Gasteiger charge is 2.13. The fraction of sp³-hybridized carbons (Fsp3) is 0.250. The van der Waals surface area contributed by atoms with Crippen LogP contribution in [0, 0.1) is 17.0 Å². The zero-order chi connectivity index (χ0) is 10.0. The van der Waals surface area contributed by atoms with Crippen molar-refractivity contribution in [2.75, 3.05) is 0 Å². The smallest absolute Gasteiger partial charge is 0.273 e. The number of hydrogen-bond donors (Lipinski definition) is 1. The monoisotopic (exact) mass is 280 g/mol. The van der Waals surface area contributed by atoms with Gasteiger partial charge in [-0.3, -0.25) is 10.1 Å². The SMILES string of the molecule is Cc1c(Br)cc(CN)cc1[N+](=O)[O-].Cl. The Labute approximate surface area is 96.2 Å². The van der Waals surface area contributed by atoms with Crippen LogP contribution in [-0.2, 0) is 6.54 Å². The second-order valence-corrected chi connectivity index (χ2v) is 3.54. The van der Waals surface area contributed by atoms with Crippen LogP contribution in [0.15, 0.2) is 16.6 Å². The molecule has 0 spiro atoms. The van der Waals surface area contributed by atoms with Crippen LogP contribution in [0.1, 0.15) is 11.1 Å². The lowest BCUT2D eigenvalue weighted by molar-refractivity contribution is -0.385. The van der Waals surface area contributed by atoms with E-state index in [4.69, 9.17) is 5.73 Å². The summed E-state index contributed by atoms with van der Waals surface area (Å²) in [5, 5.41) is 10.6. The van der Waals surface area contributed by atoms with Gasteiger partial charge < -0.3 is 5.73 Å². The lowest BCUT2D eigenvalue weighted by Gasteiger charge is -2.02. The topological polar surface area (TPSA) is 69.2 Å². The van der Waals surface area contributed by atoms with E-state index in [1.54, 1.807) is 13.0 Å². The van der Waals surface area contributed by atoms with Crippen LogP contribution < -0.4 is 5.73 Å². The molecule has 1 rings (SSSR count). The summed E-state index contributed by atoms with van der Waals surface area (Å²) < 4.78 is 0.724. The van der Waals surface area contributed by atoms with Crippen LogP contribution in [0.5, 0.6) is 0 Å². The van der Waals surface area contributed by atoms with E-state index in [1.165, 1.54) is 6.07 Å². The van der Waals surface area contributed by atoms with Crippen molar-refractivity contribution in [2.45, 2.75) is 13.5 Å². The molecule has 0 aliphatic rings. The molecule has 2 N–H and O–H groups in total. The first kappa shape index (κ1) is 13.4. The summed E-state index contributed by atoms with van der Waals surface area (Å²) in [4.78, 5) is 10.2. The largest absolute Gasteiger partial charge is 0.326 e. The van der Waals surface area contributed by atoms with E-state index in [1.807, 2.05) is 0 Å². The lowest BCUT2D eigenvalue weighted by atomic mass is 10.1. The predicted molar refractivity (Wildman–Crippen MR) is 60.7 cm³/mol. The van der Waals surface area contributed by atoms with Crippen molar-refractivity contribution in [3.8, 4) is 0 Å². The molecule has 4 nitrogen and oxygen atoms in total. The summed E-state index contributed by atoms with van der Waals surface area (Å²) in [6.07, 6.45) is 0. The van der Waals surface area contributed by atoms with Gasteiger partial charge in [0.2, 0.25) is 0 Å². The van der Waals surface area contributed by atoms with Gasteiger partial charge in [0.25, 0.3) is 5.69 Å². The molecule has 0 saturated carbocycles. The fourth-order valence-electron chi connectivity index (χ4n) is 1.03. The van der Waals surface area contributed by atoms with E-state index in [0.717, 1.165) is 10.0 Å². The quantitative estimate of drug-likeness (QED) is 0.669. The lowest BCUT2D eigenvalue weighted by Crippen LogP contribution is -2.00. The highest BCUT2D eigenvalue weighted by molar-refractivity contribution is 9.10. The Morgan fingerprint density at radius 3 is 2.57 bits per heavy atom. The van der Waals surface area contributed by atoms with Gasteiger partial charge in [-0.05, 0) is 18.6 Å². The molecule has 0 unspecified atom stereocenters. The van der Waals surface area contributed by atoms with Gasteiger partial charge in [-0.25, -0.2) is 0 Å². The molecule has 0 aliphatic carbocycles. The molecule has 0 atom stereocenters. The van der Waals surface area contributed by atoms with Crippen molar-refractivity contribution in [2.24, 2.45) is 5.73 Å². The van der Waals surface area contributed by atoms with E-state index >= 15 is 0 Å². The first-order chi connectivity index (χ1) is 6.06. The first-order valence-electron chi connectivity index (χ1n) is 3.69. The number of nitro groups is 1. The standard InChI is InChI=1S/C8H9BrN2O2.ClH/c1-5-7(9)2-6(4-10)3-8(5)11(12)13;/h2-3H,4,10H2,1H3;1H. The third-order valence-corrected chi connectivity index (χ3v) is 2.63. The van der Waals surface area contributed by atoms with Gasteiger partial charge in [0, 0.05) is 22.6 Å². The molecule has 1 aromatic rings. The van der Waals surface area contributed by atoms with E-state index < -0.39 is 4.92 Å². The number of hydrogen-bond acceptors (Lipinski definition) is 3. The van der Waals surface area contributed by atoms with Crippen LogP contribution in [0.25, 0.3) is 0 Å². The maximum absolute atomic E-state index is 10.6. The van der Waals surface area contributed by atoms with Gasteiger partial charge in [0.15, 0.2) is 0 Å². The van der Waals surface area contributed by atoms with Gasteiger partial charge in [-0.15, -0.1) is 12.4 Å². The Hall–Kier alpha value is -0.650. The number of nitrogens with two attached hydrogens (primary N) is 1. The van der Waals surface area contributed by atoms with E-state index in [9.17, 15) is 10.1 Å². The van der Waals surface area contributed by atoms with Gasteiger partial charge in [0.05, 0.1) is 4.92 Å². The van der Waals surface area contributed by atoms with Crippen LogP contribution in [0.2, 0.25) is 0 Å². The van der Waals surface area contributed by atoms with Gasteiger partial charge >= 0.3 is 0 Å². The zero-order valence-corrected chi connectivity index (χ0v) is 9.89. The summed E-state index contributed by atoms with van der Waals surface area (Å²) in [6, 6.07) is 3.29. The summed E-state index contributed by atoms with van der Waals surface area (Å²) in [7, 11) is 0. The second-order valence-electron chi connectivity index (χ2n) is 2.68. The molecule has 0 bridgehead atoms. The fourth-order valence-corrected chi connectivity index (χ4v) is 1.52. The normalized spacial score (nSPS) is 9.36. The molecule has 0 radical (unpaired) electrons. The molecule has 0 saturated heterocycles. The van der Waals surface area contributed by atoms with Crippen molar-refractivity contribution in [3.05, 3.63) is 37.8 Å². The Bertz CT molecular complexity index is 357. The molecule has 78 valence electrons. The molecule has 0 aromatic heterocycles. The van der Waals surface area contributed by atoms with Crippen molar-refractivity contribution in [3.63, 3.8) is 0 Å². The van der Waals surface area contributed by atoms with Gasteiger partial charge in [-0.1, -0.05) is 15.9 Å². The Morgan fingerprint density at radius 1 is 1.57 bits per heavy atom. The van der Waals surface area contributed by atoms with Crippen molar-refractivity contribution in [1.82, 2.24) is 0 Å². The molecular formula is C8H10BrClN2O2. The van der Waals surface area contributed by atoms with Crippen LogP contribution >= 0.6 is 28.3 Å². The molecule has 0 heterocycles. The Morgan fingerprint density at radius 2 is 2.14 bits per heavy atom. The van der Waals surface area contributed by atoms with Crippen molar-refractivity contribution >= 4 is 34.0 Å². The highest BCUT2D eigenvalue weighted by atomic mass is 79.9. The number of benzene rings is 1. The average molecular weight is 282 g/mol. The second kappa shape index (κ2) is 5.29. The van der Waals surface area contributed by atoms with E-state index in [-0.39, 0.29) is 18.1 Å². The van der Waals surface area contributed by atoms with E-state index in [0.29, 0.717) is 12.1 Å². The van der Waals surface area contributed by atoms with Crippen molar-refractivity contribution < 1.29 is 4.92 Å². The van der Waals surface area contributed by atoms with E-state index in [2.05, 4.69) is 15.9 Å². The van der Waals surface area contributed by atoms with Crippen LogP contribution in [0.4, 0.5) is 5.69 Å². The molecule has 0 amide bonds. The third-order valence-electron chi connectivity index (χ3n) is 1.81. The van der Waals surface area contributed by atoms with Crippen LogP contribution in [0.3, 0.4) is 0 Å². The minimum Gasteiger partial charge on any atom is -0.326 e. The Balaban J connectivity index is 0.00000169. The summed E-state index contributed by atoms with van der Waals surface area (Å²) in [5.74, 6) is 0. The Kier molecular flexibility index (Phi) is 5.04. The number of halogens is 2. The number of rotatable bonds is 2. The number of nitro benzene ring substituents is 1. The van der Waals surface area contributed by atoms with Crippen LogP contribution in [-0.4, -0.2) is 4.92 Å². The predicted octanol–water partition coefficient (Wildman–Crippen LogP) is 2.55.